The topological polar surface area (TPSA) is 80.0 Å². The van der Waals surface area contributed by atoms with Crippen molar-refractivity contribution in [3.05, 3.63) is 42.4 Å². The number of hydrogen-bond acceptors (Lipinski definition) is 6. The van der Waals surface area contributed by atoms with Crippen LogP contribution < -0.4 is 16.2 Å². The molecule has 0 radical (unpaired) electrons. The summed E-state index contributed by atoms with van der Waals surface area (Å²) in [4.78, 5) is 14.5. The molecule has 0 bridgehead atoms. The number of aromatic nitrogens is 3. The molecule has 3 N–H and O–H groups in total. The molecule has 0 aliphatic carbocycles. The van der Waals surface area contributed by atoms with Crippen LogP contribution in [0.25, 0.3) is 0 Å². The van der Waals surface area contributed by atoms with Gasteiger partial charge in [-0.15, -0.1) is 0 Å². The maximum absolute atomic E-state index is 5.31. The molecule has 0 atom stereocenters. The van der Waals surface area contributed by atoms with Crippen LogP contribution in [0.2, 0.25) is 0 Å². The minimum atomic E-state index is 0.417. The van der Waals surface area contributed by atoms with E-state index < -0.39 is 0 Å². The van der Waals surface area contributed by atoms with Crippen LogP contribution in [0.3, 0.4) is 0 Å². The van der Waals surface area contributed by atoms with E-state index in [1.165, 1.54) is 5.56 Å². The lowest BCUT2D eigenvalue weighted by Crippen LogP contribution is -2.24. The van der Waals surface area contributed by atoms with Gasteiger partial charge in [0.2, 0.25) is 5.95 Å². The Morgan fingerprint density at radius 1 is 1.22 bits per heavy atom. The average Bonchev–Trinajstić information content (AvgIpc) is 2.46. The maximum Gasteiger partial charge on any atom is 0.239 e. The van der Waals surface area contributed by atoms with Crippen LogP contribution in [0.4, 0.5) is 11.8 Å². The van der Waals surface area contributed by atoms with E-state index in [1.807, 2.05) is 18.2 Å². The van der Waals surface area contributed by atoms with Crippen molar-refractivity contribution in [1.29, 1.82) is 0 Å². The van der Waals surface area contributed by atoms with Crippen molar-refractivity contribution in [2.24, 2.45) is 5.84 Å². The van der Waals surface area contributed by atoms with Crippen LogP contribution in [0, 0.1) is 0 Å². The highest BCUT2D eigenvalue weighted by molar-refractivity contribution is 5.42. The first-order valence-electron chi connectivity index (χ1n) is 5.77. The molecule has 2 aromatic rings. The second kappa shape index (κ2) is 5.92. The summed E-state index contributed by atoms with van der Waals surface area (Å²) in [5.74, 6) is 6.57. The van der Waals surface area contributed by atoms with E-state index in [1.54, 1.807) is 18.6 Å². The van der Waals surface area contributed by atoms with E-state index in [2.05, 4.69) is 32.2 Å². The highest BCUT2D eigenvalue weighted by Gasteiger charge is 2.07. The van der Waals surface area contributed by atoms with Gasteiger partial charge in [0.25, 0.3) is 0 Å². The zero-order valence-corrected chi connectivity index (χ0v) is 10.2. The van der Waals surface area contributed by atoms with Gasteiger partial charge in [0.15, 0.2) is 0 Å². The van der Waals surface area contributed by atoms with Crippen LogP contribution in [-0.2, 0) is 6.54 Å². The smallest absolute Gasteiger partial charge is 0.239 e. The normalized spacial score (nSPS) is 10.1. The molecule has 0 unspecified atom stereocenters. The van der Waals surface area contributed by atoms with Crippen LogP contribution in [0.5, 0.6) is 0 Å². The van der Waals surface area contributed by atoms with E-state index in [-0.39, 0.29) is 0 Å². The first-order chi connectivity index (χ1) is 8.83. The van der Waals surface area contributed by atoms with Crippen molar-refractivity contribution in [1.82, 2.24) is 15.0 Å². The fourth-order valence-electron chi connectivity index (χ4n) is 1.66. The summed E-state index contributed by atoms with van der Waals surface area (Å²) in [5, 5.41) is 0. The van der Waals surface area contributed by atoms with Gasteiger partial charge in [-0.25, -0.2) is 10.8 Å². The van der Waals surface area contributed by atoms with Gasteiger partial charge in [-0.05, 0) is 30.7 Å². The van der Waals surface area contributed by atoms with Crippen molar-refractivity contribution in [3.8, 4) is 0 Å². The van der Waals surface area contributed by atoms with Crippen molar-refractivity contribution < 1.29 is 0 Å². The molecule has 0 aromatic carbocycles. The van der Waals surface area contributed by atoms with Crippen molar-refractivity contribution >= 4 is 11.8 Å². The Morgan fingerprint density at radius 2 is 2.00 bits per heavy atom. The molecular formula is C12H16N6. The molecule has 2 rings (SSSR count). The van der Waals surface area contributed by atoms with Gasteiger partial charge in [0.1, 0.15) is 5.82 Å². The third-order valence-electron chi connectivity index (χ3n) is 2.60. The maximum atomic E-state index is 5.31. The van der Waals surface area contributed by atoms with E-state index in [4.69, 9.17) is 5.84 Å². The van der Waals surface area contributed by atoms with Gasteiger partial charge in [0.05, 0.1) is 0 Å². The summed E-state index contributed by atoms with van der Waals surface area (Å²) in [5.41, 5.74) is 3.64. The number of hydrazine groups is 1. The number of nitrogens with two attached hydrogens (primary N) is 1. The molecule has 0 saturated carbocycles. The molecule has 0 spiro atoms. The van der Waals surface area contributed by atoms with E-state index >= 15 is 0 Å². The fraction of sp³-hybridized carbons (Fsp3) is 0.250. The SMILES string of the molecule is CCN(Cc1ccncc1)c1ccnc(NN)n1. The zero-order chi connectivity index (χ0) is 12.8. The molecule has 2 aromatic heterocycles. The van der Waals surface area contributed by atoms with Crippen LogP contribution in [0.15, 0.2) is 36.8 Å². The largest absolute Gasteiger partial charge is 0.352 e. The van der Waals surface area contributed by atoms with Gasteiger partial charge in [-0.2, -0.15) is 4.98 Å². The fourth-order valence-corrected chi connectivity index (χ4v) is 1.66. The highest BCUT2D eigenvalue weighted by atomic mass is 15.3. The first kappa shape index (κ1) is 12.3. The van der Waals surface area contributed by atoms with Crippen LogP contribution in [-0.4, -0.2) is 21.5 Å². The molecular weight excluding hydrogens is 228 g/mol. The highest BCUT2D eigenvalue weighted by Crippen LogP contribution is 2.14. The van der Waals surface area contributed by atoms with E-state index in [0.717, 1.165) is 18.9 Å². The molecule has 94 valence electrons. The van der Waals surface area contributed by atoms with E-state index in [0.29, 0.717) is 5.95 Å². The van der Waals surface area contributed by atoms with Crippen molar-refractivity contribution in [2.75, 3.05) is 16.9 Å². The number of hydrogen-bond donors (Lipinski definition) is 2. The number of nitrogens with zero attached hydrogens (tertiary/aromatic N) is 4. The second-order valence-electron chi connectivity index (χ2n) is 3.75. The Balaban J connectivity index is 2.17. The monoisotopic (exact) mass is 244 g/mol. The molecule has 0 fully saturated rings. The van der Waals surface area contributed by atoms with Crippen LogP contribution >= 0.6 is 0 Å². The Kier molecular flexibility index (Phi) is 4.03. The molecule has 0 aliphatic heterocycles. The van der Waals surface area contributed by atoms with Gasteiger partial charge in [-0.3, -0.25) is 10.4 Å². The predicted molar refractivity (Wildman–Crippen MR) is 70.8 cm³/mol. The number of nitrogen functional groups attached to an aromatic ring is 1. The molecule has 2 heterocycles. The van der Waals surface area contributed by atoms with Gasteiger partial charge >= 0.3 is 0 Å². The quantitative estimate of drug-likeness (QED) is 0.607. The van der Waals surface area contributed by atoms with Crippen LogP contribution in [0.1, 0.15) is 12.5 Å². The van der Waals surface area contributed by atoms with E-state index in [9.17, 15) is 0 Å². The zero-order valence-electron chi connectivity index (χ0n) is 10.2. The minimum absolute atomic E-state index is 0.417. The lowest BCUT2D eigenvalue weighted by Gasteiger charge is -2.22. The predicted octanol–water partition coefficient (Wildman–Crippen LogP) is 1.18. The summed E-state index contributed by atoms with van der Waals surface area (Å²) in [6.07, 6.45) is 5.26. The molecule has 0 saturated heterocycles. The third-order valence-corrected chi connectivity index (χ3v) is 2.60. The Morgan fingerprint density at radius 3 is 2.67 bits per heavy atom. The lowest BCUT2D eigenvalue weighted by molar-refractivity contribution is 0.809. The number of anilines is 2. The number of pyridine rings is 1. The van der Waals surface area contributed by atoms with Gasteiger partial charge in [0, 0.05) is 31.7 Å². The first-order valence-corrected chi connectivity index (χ1v) is 5.77. The summed E-state index contributed by atoms with van der Waals surface area (Å²) >= 11 is 0. The summed E-state index contributed by atoms with van der Waals surface area (Å²) in [6.45, 7) is 3.71. The van der Waals surface area contributed by atoms with Crippen molar-refractivity contribution in [2.45, 2.75) is 13.5 Å². The van der Waals surface area contributed by atoms with Gasteiger partial charge in [-0.1, -0.05) is 0 Å². The minimum Gasteiger partial charge on any atom is -0.352 e. The summed E-state index contributed by atoms with van der Waals surface area (Å²) in [6, 6.07) is 5.85. The summed E-state index contributed by atoms with van der Waals surface area (Å²) in [7, 11) is 0. The molecule has 6 heteroatoms. The third kappa shape index (κ3) is 2.92. The molecule has 6 nitrogen and oxygen atoms in total. The number of nitrogens with one attached hydrogen (secondary N) is 1. The lowest BCUT2D eigenvalue weighted by atomic mass is 10.2. The average molecular weight is 244 g/mol. The molecule has 0 aliphatic rings. The molecule has 18 heavy (non-hydrogen) atoms. The summed E-state index contributed by atoms with van der Waals surface area (Å²) < 4.78 is 0. The van der Waals surface area contributed by atoms with Gasteiger partial charge < -0.3 is 4.90 Å². The van der Waals surface area contributed by atoms with Crippen molar-refractivity contribution in [3.63, 3.8) is 0 Å². The second-order valence-corrected chi connectivity index (χ2v) is 3.75. The number of rotatable bonds is 5. The standard InChI is InChI=1S/C12H16N6/c1-2-18(9-10-3-6-14-7-4-10)11-5-8-15-12(16-11)17-13/h3-8H,2,9,13H2,1H3,(H,15,16,17). The molecule has 0 amide bonds. The Labute approximate surface area is 106 Å². The Bertz CT molecular complexity index is 487. The Hall–Kier alpha value is -2.21.